The third-order valence-corrected chi connectivity index (χ3v) is 7.05. The molecule has 0 unspecified atom stereocenters. The van der Waals surface area contributed by atoms with Gasteiger partial charge in [0.05, 0.1) is 14.7 Å². The Balaban J connectivity index is 0.00000408. The number of benzene rings is 3. The van der Waals surface area contributed by atoms with Crippen molar-refractivity contribution in [2.45, 2.75) is 21.6 Å². The molecule has 0 spiro atoms. The molecule has 0 saturated heterocycles. The van der Waals surface area contributed by atoms with E-state index < -0.39 is 69.4 Å². The number of nitrogens with zero attached hydrogens (tertiary/aromatic N) is 2. The Morgan fingerprint density at radius 1 is 0.765 bits per heavy atom. The fraction of sp³-hybridized carbons (Fsp3) is 0.0588. The zero-order valence-corrected chi connectivity index (χ0v) is 20.1. The van der Waals surface area contributed by atoms with Gasteiger partial charge in [-0.2, -0.15) is 8.42 Å². The normalized spacial score (nSPS) is 13.8. The number of hydrogen-bond acceptors (Lipinski definition) is 12. The van der Waals surface area contributed by atoms with E-state index in [4.69, 9.17) is 0 Å². The summed E-state index contributed by atoms with van der Waals surface area (Å²) in [6, 6.07) is 5.72. The van der Waals surface area contributed by atoms with E-state index in [-0.39, 0.29) is 33.4 Å². The molecule has 191 valence electrons. The molecule has 0 aliphatic carbocycles. The van der Waals surface area contributed by atoms with E-state index in [0.29, 0.717) is 0 Å². The van der Waals surface area contributed by atoms with Crippen LogP contribution in [0.5, 0.6) is 11.5 Å². The Morgan fingerprint density at radius 2 is 1.38 bits per heavy atom. The molecule has 0 aromatic heterocycles. The molecule has 0 fully saturated rings. The molecule has 9 N–H and O–H groups in total. The summed E-state index contributed by atoms with van der Waals surface area (Å²) < 4.78 is 89.8. The molecule has 0 saturated carbocycles. The second kappa shape index (κ2) is 9.57. The number of fused-ring (bicyclic) bond motifs is 1. The summed E-state index contributed by atoms with van der Waals surface area (Å²) in [5.74, 6) is -1.28. The van der Waals surface area contributed by atoms with Crippen LogP contribution in [-0.2, 0) is 27.2 Å². The number of aryl methyl sites for hydroxylation is 1. The van der Waals surface area contributed by atoms with Gasteiger partial charge in [0.15, 0.2) is 5.75 Å². The molecular weight excluding hydrogens is 568 g/mol. The van der Waals surface area contributed by atoms with Gasteiger partial charge in [-0.15, -0.1) is 10.2 Å². The second-order valence-electron chi connectivity index (χ2n) is 6.77. The average Bonchev–Trinajstić information content (AvgIpc) is 2.65. The number of azo groups is 1. The van der Waals surface area contributed by atoms with Gasteiger partial charge < -0.3 is 37.5 Å². The van der Waals surface area contributed by atoms with Crippen LogP contribution in [0.1, 0.15) is 5.56 Å². The molecular formula is C17H18CuN2O11S3. The molecule has 17 heteroatoms. The zero-order valence-electron chi connectivity index (χ0n) is 16.7. The van der Waals surface area contributed by atoms with Crippen molar-refractivity contribution in [3.63, 3.8) is 0 Å². The van der Waals surface area contributed by atoms with E-state index in [0.717, 1.165) is 36.4 Å². The number of hydrogen-bond donors (Lipinski definition) is 9. The first-order valence-corrected chi connectivity index (χ1v) is 13.0. The van der Waals surface area contributed by atoms with Crippen LogP contribution in [0.4, 0.5) is 11.4 Å². The van der Waals surface area contributed by atoms with Crippen molar-refractivity contribution >= 4 is 54.0 Å². The molecule has 3 rings (SSSR count). The van der Waals surface area contributed by atoms with E-state index in [1.54, 1.807) is 0 Å². The van der Waals surface area contributed by atoms with Crippen LogP contribution in [0, 0.1) is 6.92 Å². The van der Waals surface area contributed by atoms with Crippen molar-refractivity contribution in [3.8, 4) is 11.5 Å². The number of phenolic OH excluding ortho intramolecular Hbond substituents is 2. The van der Waals surface area contributed by atoms with Gasteiger partial charge in [-0.25, -0.2) is 0 Å². The van der Waals surface area contributed by atoms with Crippen molar-refractivity contribution in [2.24, 2.45) is 10.2 Å². The van der Waals surface area contributed by atoms with Gasteiger partial charge in [0.2, 0.25) is 0 Å². The SMILES string of the molecule is Cc1cc(S(=O)(=O)O)cc2cc(S(O)(O)O)c(N=Nc3cc(S(O)(O)O)ccc3O)c(O)c12.[Cu]. The first kappa shape index (κ1) is 28.2. The Bertz CT molecular complexity index is 1400. The van der Waals surface area contributed by atoms with Crippen molar-refractivity contribution in [1.82, 2.24) is 0 Å². The third-order valence-electron chi connectivity index (χ3n) is 4.43. The summed E-state index contributed by atoms with van der Waals surface area (Å²) in [7, 11) is -13.4. The van der Waals surface area contributed by atoms with Crippen LogP contribution >= 0.6 is 21.7 Å². The quantitative estimate of drug-likeness (QED) is 0.104. The Morgan fingerprint density at radius 3 is 1.91 bits per heavy atom. The fourth-order valence-corrected chi connectivity index (χ4v) is 4.78. The van der Waals surface area contributed by atoms with Gasteiger partial charge in [-0.1, -0.05) is 0 Å². The van der Waals surface area contributed by atoms with Gasteiger partial charge in [0.1, 0.15) is 38.9 Å². The summed E-state index contributed by atoms with van der Waals surface area (Å²) in [6.45, 7) is 1.38. The van der Waals surface area contributed by atoms with E-state index in [1.807, 2.05) is 0 Å². The van der Waals surface area contributed by atoms with Crippen molar-refractivity contribution in [2.75, 3.05) is 0 Å². The summed E-state index contributed by atoms with van der Waals surface area (Å²) in [6.07, 6.45) is 0. The van der Waals surface area contributed by atoms with Crippen molar-refractivity contribution < 1.29 is 67.6 Å². The maximum Gasteiger partial charge on any atom is 0.294 e. The first-order chi connectivity index (χ1) is 15.0. The van der Waals surface area contributed by atoms with E-state index in [9.17, 15) is 50.5 Å². The standard InChI is InChI=1S/C17H18N2O11S3.Cu/c1-8-4-11(32(25,26)27)5-9-6-14(33(28,29)30)16(17(21)15(8)9)19-18-12-7-10(31(22,23)24)2-3-13(12)20;/h2-7,20-24,28-30H,1H3,(H,25,26,27);. The maximum absolute atomic E-state index is 11.5. The summed E-state index contributed by atoms with van der Waals surface area (Å²) in [5, 5.41) is 27.8. The fourth-order valence-electron chi connectivity index (χ4n) is 2.97. The smallest absolute Gasteiger partial charge is 0.294 e. The molecule has 0 heterocycles. The monoisotopic (exact) mass is 585 g/mol. The zero-order chi connectivity index (χ0) is 24.9. The van der Waals surface area contributed by atoms with Crippen LogP contribution in [0.15, 0.2) is 61.3 Å². The van der Waals surface area contributed by atoms with Crippen molar-refractivity contribution in [3.05, 3.63) is 42.0 Å². The van der Waals surface area contributed by atoms with Gasteiger partial charge in [-0.3, -0.25) is 4.55 Å². The number of rotatable bonds is 5. The molecule has 0 atom stereocenters. The molecule has 0 amide bonds. The molecule has 3 aromatic carbocycles. The maximum atomic E-state index is 11.5. The van der Waals surface area contributed by atoms with Crippen LogP contribution in [0.3, 0.4) is 0 Å². The van der Waals surface area contributed by atoms with Gasteiger partial charge in [0, 0.05) is 22.5 Å². The Hall–Kier alpha value is -1.99. The van der Waals surface area contributed by atoms with Crippen LogP contribution in [0.2, 0.25) is 0 Å². The minimum atomic E-state index is -4.65. The van der Waals surface area contributed by atoms with Crippen LogP contribution < -0.4 is 0 Å². The van der Waals surface area contributed by atoms with Crippen LogP contribution in [0.25, 0.3) is 10.8 Å². The summed E-state index contributed by atoms with van der Waals surface area (Å²) in [5.41, 5.74) is -0.943. The molecule has 1 radical (unpaired) electrons. The van der Waals surface area contributed by atoms with Crippen LogP contribution in [-0.4, -0.2) is 50.5 Å². The molecule has 0 aliphatic rings. The summed E-state index contributed by atoms with van der Waals surface area (Å²) in [4.78, 5) is -1.73. The Kier molecular flexibility index (Phi) is 7.95. The van der Waals surface area contributed by atoms with Gasteiger partial charge in [-0.05, 0) is 54.3 Å². The summed E-state index contributed by atoms with van der Waals surface area (Å²) >= 11 is 0. The van der Waals surface area contributed by atoms with E-state index in [2.05, 4.69) is 10.2 Å². The van der Waals surface area contributed by atoms with E-state index >= 15 is 0 Å². The predicted octanol–water partition coefficient (Wildman–Crippen LogP) is 5.38. The first-order valence-electron chi connectivity index (χ1n) is 8.54. The van der Waals surface area contributed by atoms with Crippen molar-refractivity contribution in [1.29, 1.82) is 0 Å². The largest absolute Gasteiger partial charge is 0.506 e. The minimum Gasteiger partial charge on any atom is -0.506 e. The topological polar surface area (TPSA) is 241 Å². The van der Waals surface area contributed by atoms with E-state index in [1.165, 1.54) is 6.92 Å². The predicted molar refractivity (Wildman–Crippen MR) is 120 cm³/mol. The van der Waals surface area contributed by atoms with Gasteiger partial charge >= 0.3 is 0 Å². The molecule has 0 bridgehead atoms. The molecule has 13 nitrogen and oxygen atoms in total. The third kappa shape index (κ3) is 5.80. The second-order valence-corrected chi connectivity index (χ2v) is 11.2. The minimum absolute atomic E-state index is 0. The number of aromatic hydroxyl groups is 2. The van der Waals surface area contributed by atoms with Gasteiger partial charge in [0.25, 0.3) is 10.1 Å². The number of phenols is 2. The molecule has 3 aromatic rings. The average molecular weight is 586 g/mol. The molecule has 34 heavy (non-hydrogen) atoms. The molecule has 0 aliphatic heterocycles. The Labute approximate surface area is 206 Å².